The van der Waals surface area contributed by atoms with Gasteiger partial charge in [-0.1, -0.05) is 30.3 Å². The van der Waals surface area contributed by atoms with Crippen molar-refractivity contribution in [2.75, 3.05) is 0 Å². The zero-order valence-electron chi connectivity index (χ0n) is 16.8. The topological polar surface area (TPSA) is 86.1 Å². The molecule has 4 aromatic rings. The molecule has 0 aliphatic heterocycles. The minimum atomic E-state index is -0.809. The van der Waals surface area contributed by atoms with Gasteiger partial charge in [-0.3, -0.25) is 4.79 Å². The molecule has 4 rings (SSSR count). The Labute approximate surface area is 175 Å². The van der Waals surface area contributed by atoms with Crippen molar-refractivity contribution in [1.82, 2.24) is 14.1 Å². The smallest absolute Gasteiger partial charge is 0.305 e. The summed E-state index contributed by atoms with van der Waals surface area (Å²) in [6.07, 6.45) is 7.47. The molecular formula is C24H24N4O2. The highest BCUT2D eigenvalue weighted by Gasteiger charge is 2.16. The Hall–Kier alpha value is -3.64. The monoisotopic (exact) mass is 400 g/mol. The van der Waals surface area contributed by atoms with E-state index in [4.69, 9.17) is 10.8 Å². The summed E-state index contributed by atoms with van der Waals surface area (Å²) in [5, 5.41) is 9.17. The molecule has 0 amide bonds. The van der Waals surface area contributed by atoms with Crippen molar-refractivity contribution in [2.45, 2.75) is 26.4 Å². The van der Waals surface area contributed by atoms with Crippen LogP contribution in [0.2, 0.25) is 0 Å². The van der Waals surface area contributed by atoms with E-state index >= 15 is 0 Å². The largest absolute Gasteiger partial charge is 0.481 e. The average molecular weight is 400 g/mol. The summed E-state index contributed by atoms with van der Waals surface area (Å²) in [6, 6.07) is 16.5. The summed E-state index contributed by atoms with van der Waals surface area (Å²) >= 11 is 0. The van der Waals surface area contributed by atoms with Gasteiger partial charge in [-0.2, -0.15) is 0 Å². The van der Waals surface area contributed by atoms with E-state index in [1.807, 2.05) is 27.6 Å². The fourth-order valence-electron chi connectivity index (χ4n) is 3.75. The van der Waals surface area contributed by atoms with Crippen molar-refractivity contribution in [3.8, 4) is 28.1 Å². The van der Waals surface area contributed by atoms with Crippen LogP contribution in [0.5, 0.6) is 0 Å². The number of hydrogen-bond acceptors (Lipinski definition) is 3. The Morgan fingerprint density at radius 2 is 1.87 bits per heavy atom. The van der Waals surface area contributed by atoms with Crippen LogP contribution in [-0.2, 0) is 17.9 Å². The minimum Gasteiger partial charge on any atom is -0.481 e. The Bertz CT molecular complexity index is 1160. The van der Waals surface area contributed by atoms with Gasteiger partial charge in [0, 0.05) is 48.5 Å². The molecule has 0 spiro atoms. The van der Waals surface area contributed by atoms with Crippen LogP contribution in [0, 0.1) is 6.92 Å². The van der Waals surface area contributed by atoms with Crippen molar-refractivity contribution in [3.63, 3.8) is 0 Å². The molecule has 2 aromatic heterocycles. The van der Waals surface area contributed by atoms with Crippen LogP contribution < -0.4 is 5.73 Å². The Morgan fingerprint density at radius 3 is 2.50 bits per heavy atom. The molecule has 0 saturated carbocycles. The Morgan fingerprint density at radius 1 is 1.07 bits per heavy atom. The first-order valence-corrected chi connectivity index (χ1v) is 9.86. The van der Waals surface area contributed by atoms with Crippen LogP contribution in [-0.4, -0.2) is 25.2 Å². The van der Waals surface area contributed by atoms with Crippen LogP contribution >= 0.6 is 0 Å². The van der Waals surface area contributed by atoms with Gasteiger partial charge in [0.15, 0.2) is 0 Å². The van der Waals surface area contributed by atoms with E-state index in [2.05, 4.69) is 54.4 Å². The maximum Gasteiger partial charge on any atom is 0.305 e. The third kappa shape index (κ3) is 3.90. The number of carbonyl (C=O) groups is 1. The summed E-state index contributed by atoms with van der Waals surface area (Å²) in [7, 11) is 0. The number of carboxylic acid groups (broad SMARTS) is 1. The SMILES string of the molecule is Cc1cc(CN)ccc1-c1c(-c2ccc(-n3ccnc3)cc2)ccn1CCC(=O)O. The lowest BCUT2D eigenvalue weighted by Crippen LogP contribution is -2.06. The number of carboxylic acids is 1. The van der Waals surface area contributed by atoms with Crippen LogP contribution in [0.15, 0.2) is 73.4 Å². The van der Waals surface area contributed by atoms with Gasteiger partial charge in [-0.25, -0.2) is 4.98 Å². The first-order chi connectivity index (χ1) is 14.6. The standard InChI is InChI=1S/C24H24N4O2/c1-17-14-18(15-25)2-7-21(17)24-22(8-11-27(24)12-9-23(29)30)19-3-5-20(6-4-19)28-13-10-26-16-28/h2-8,10-11,13-14,16H,9,12,15,25H2,1H3,(H,29,30). The molecule has 0 atom stereocenters. The minimum absolute atomic E-state index is 0.0701. The van der Waals surface area contributed by atoms with Crippen molar-refractivity contribution in [3.05, 3.63) is 84.6 Å². The number of hydrogen-bond donors (Lipinski definition) is 2. The quantitative estimate of drug-likeness (QED) is 0.486. The van der Waals surface area contributed by atoms with Crippen molar-refractivity contribution >= 4 is 5.97 Å². The lowest BCUT2D eigenvalue weighted by Gasteiger charge is -2.15. The fourth-order valence-corrected chi connectivity index (χ4v) is 3.75. The molecule has 0 bridgehead atoms. The third-order valence-electron chi connectivity index (χ3n) is 5.29. The van der Waals surface area contributed by atoms with Gasteiger partial charge >= 0.3 is 5.97 Å². The Balaban J connectivity index is 1.79. The second kappa shape index (κ2) is 8.39. The predicted molar refractivity (Wildman–Crippen MR) is 117 cm³/mol. The molecule has 6 heteroatoms. The van der Waals surface area contributed by atoms with Crippen LogP contribution in [0.1, 0.15) is 17.5 Å². The zero-order valence-corrected chi connectivity index (χ0v) is 16.8. The van der Waals surface area contributed by atoms with Crippen LogP contribution in [0.25, 0.3) is 28.1 Å². The third-order valence-corrected chi connectivity index (χ3v) is 5.29. The molecule has 2 heterocycles. The molecule has 6 nitrogen and oxygen atoms in total. The number of imidazole rings is 1. The summed E-state index contributed by atoms with van der Waals surface area (Å²) in [6.45, 7) is 2.97. The van der Waals surface area contributed by atoms with E-state index in [1.165, 1.54) is 0 Å². The summed E-state index contributed by atoms with van der Waals surface area (Å²) in [5.74, 6) is -0.809. The number of aryl methyl sites for hydroxylation is 2. The van der Waals surface area contributed by atoms with Gasteiger partial charge in [0.2, 0.25) is 0 Å². The van der Waals surface area contributed by atoms with Crippen molar-refractivity contribution in [1.29, 1.82) is 0 Å². The molecule has 2 aromatic carbocycles. The maximum absolute atomic E-state index is 11.2. The van der Waals surface area contributed by atoms with Gasteiger partial charge in [0.25, 0.3) is 0 Å². The second-order valence-electron chi connectivity index (χ2n) is 7.29. The lowest BCUT2D eigenvalue weighted by molar-refractivity contribution is -0.137. The van der Waals surface area contributed by atoms with Crippen molar-refractivity contribution < 1.29 is 9.90 Å². The molecule has 0 unspecified atom stereocenters. The number of benzene rings is 2. The molecule has 3 N–H and O–H groups in total. The molecule has 0 aliphatic rings. The molecule has 0 fully saturated rings. The molecule has 30 heavy (non-hydrogen) atoms. The van der Waals surface area contributed by atoms with Gasteiger partial charge < -0.3 is 20.0 Å². The summed E-state index contributed by atoms with van der Waals surface area (Å²) in [4.78, 5) is 15.3. The van der Waals surface area contributed by atoms with Gasteiger partial charge in [-0.15, -0.1) is 0 Å². The number of nitrogens with two attached hydrogens (primary N) is 1. The van der Waals surface area contributed by atoms with Gasteiger partial charge in [0.05, 0.1) is 18.4 Å². The first kappa shape index (κ1) is 19.7. The lowest BCUT2D eigenvalue weighted by atomic mass is 9.96. The summed E-state index contributed by atoms with van der Waals surface area (Å²) < 4.78 is 3.98. The molecule has 0 aliphatic carbocycles. The number of aromatic nitrogens is 3. The van der Waals surface area contributed by atoms with Crippen molar-refractivity contribution in [2.24, 2.45) is 5.73 Å². The maximum atomic E-state index is 11.2. The normalized spacial score (nSPS) is 11.0. The molecule has 0 radical (unpaired) electrons. The highest BCUT2D eigenvalue weighted by atomic mass is 16.4. The number of aliphatic carboxylic acids is 1. The van der Waals surface area contributed by atoms with Gasteiger partial charge in [0.1, 0.15) is 0 Å². The highest BCUT2D eigenvalue weighted by molar-refractivity contribution is 5.83. The van der Waals surface area contributed by atoms with E-state index in [-0.39, 0.29) is 6.42 Å². The van der Waals surface area contributed by atoms with E-state index < -0.39 is 5.97 Å². The van der Waals surface area contributed by atoms with E-state index in [1.54, 1.807) is 12.5 Å². The molecular weight excluding hydrogens is 376 g/mol. The second-order valence-corrected chi connectivity index (χ2v) is 7.29. The number of nitrogens with zero attached hydrogens (tertiary/aromatic N) is 3. The molecule has 152 valence electrons. The average Bonchev–Trinajstić information content (AvgIpc) is 3.42. The fraction of sp³-hybridized carbons (Fsp3) is 0.167. The summed E-state index contributed by atoms with van der Waals surface area (Å²) in [5.41, 5.74) is 13.3. The highest BCUT2D eigenvalue weighted by Crippen LogP contribution is 2.36. The van der Waals surface area contributed by atoms with E-state index in [0.717, 1.165) is 39.2 Å². The Kier molecular flexibility index (Phi) is 5.50. The van der Waals surface area contributed by atoms with E-state index in [0.29, 0.717) is 13.1 Å². The van der Waals surface area contributed by atoms with E-state index in [9.17, 15) is 4.79 Å². The van der Waals surface area contributed by atoms with Gasteiger partial charge in [-0.05, 0) is 41.8 Å². The van der Waals surface area contributed by atoms with Crippen LogP contribution in [0.3, 0.4) is 0 Å². The molecule has 0 saturated heterocycles. The zero-order chi connectivity index (χ0) is 21.1. The predicted octanol–water partition coefficient (Wildman–Crippen LogP) is 4.25. The van der Waals surface area contributed by atoms with Crippen LogP contribution in [0.4, 0.5) is 0 Å². The number of rotatable bonds is 7. The first-order valence-electron chi connectivity index (χ1n) is 9.86.